The second-order valence-corrected chi connectivity index (χ2v) is 5.51. The van der Waals surface area contributed by atoms with E-state index in [9.17, 15) is 4.79 Å². The van der Waals surface area contributed by atoms with Crippen LogP contribution in [0.3, 0.4) is 0 Å². The summed E-state index contributed by atoms with van der Waals surface area (Å²) in [5.74, 6) is 1.07. The Hall–Kier alpha value is -3.36. The molecule has 4 rings (SSSR count). The Balaban J connectivity index is 1.44. The standard InChI is InChI=1S/C16H14N6O3/c1-24-15-11(3-2-4-19-15)16(23)22-8-10(9-22)14-20-13(21-25-14)12-7-17-5-6-18-12/h2-7,10H,8-9H2,1H3. The molecule has 1 fully saturated rings. The number of carbonyl (C=O) groups excluding carboxylic acids is 1. The topological polar surface area (TPSA) is 107 Å². The molecule has 0 aliphatic carbocycles. The van der Waals surface area contributed by atoms with Crippen molar-refractivity contribution in [2.75, 3.05) is 20.2 Å². The summed E-state index contributed by atoms with van der Waals surface area (Å²) in [6, 6.07) is 3.40. The molecule has 0 spiro atoms. The van der Waals surface area contributed by atoms with E-state index >= 15 is 0 Å². The molecule has 0 bridgehead atoms. The molecule has 9 nitrogen and oxygen atoms in total. The minimum Gasteiger partial charge on any atom is -0.480 e. The summed E-state index contributed by atoms with van der Waals surface area (Å²) in [5.41, 5.74) is 0.985. The number of rotatable bonds is 4. The maximum absolute atomic E-state index is 12.5. The molecule has 9 heteroatoms. The smallest absolute Gasteiger partial charge is 0.259 e. The van der Waals surface area contributed by atoms with Crippen LogP contribution in [0.5, 0.6) is 5.88 Å². The molecular formula is C16H14N6O3. The van der Waals surface area contributed by atoms with Crippen LogP contribution in [-0.4, -0.2) is 56.1 Å². The number of aromatic nitrogens is 5. The van der Waals surface area contributed by atoms with Crippen LogP contribution >= 0.6 is 0 Å². The van der Waals surface area contributed by atoms with E-state index in [0.29, 0.717) is 41.9 Å². The Morgan fingerprint density at radius 2 is 2.16 bits per heavy atom. The van der Waals surface area contributed by atoms with Gasteiger partial charge in [-0.05, 0) is 12.1 Å². The first kappa shape index (κ1) is 15.2. The molecule has 0 radical (unpaired) electrons. The molecule has 1 aliphatic heterocycles. The first-order valence-corrected chi connectivity index (χ1v) is 7.64. The predicted molar refractivity (Wildman–Crippen MR) is 84.8 cm³/mol. The van der Waals surface area contributed by atoms with Crippen molar-refractivity contribution < 1.29 is 14.1 Å². The van der Waals surface area contributed by atoms with Crippen LogP contribution in [0.1, 0.15) is 22.2 Å². The Morgan fingerprint density at radius 1 is 1.28 bits per heavy atom. The molecule has 1 aliphatic rings. The number of pyridine rings is 1. The molecule has 4 heterocycles. The fraction of sp³-hybridized carbons (Fsp3) is 0.250. The molecular weight excluding hydrogens is 324 g/mol. The third-order valence-electron chi connectivity index (χ3n) is 3.95. The van der Waals surface area contributed by atoms with Crippen molar-refractivity contribution in [1.82, 2.24) is 30.0 Å². The summed E-state index contributed by atoms with van der Waals surface area (Å²) < 4.78 is 10.4. The summed E-state index contributed by atoms with van der Waals surface area (Å²) in [4.78, 5) is 30.7. The predicted octanol–water partition coefficient (Wildman–Crippen LogP) is 1.17. The molecule has 126 valence electrons. The number of carbonyl (C=O) groups is 1. The highest BCUT2D eigenvalue weighted by molar-refractivity contribution is 5.96. The zero-order chi connectivity index (χ0) is 17.2. The van der Waals surface area contributed by atoms with Crippen molar-refractivity contribution >= 4 is 5.91 Å². The third kappa shape index (κ3) is 2.80. The molecule has 0 atom stereocenters. The van der Waals surface area contributed by atoms with Crippen LogP contribution in [0.4, 0.5) is 0 Å². The van der Waals surface area contributed by atoms with Crippen LogP contribution < -0.4 is 4.74 Å². The van der Waals surface area contributed by atoms with Crippen molar-refractivity contribution in [3.05, 3.63) is 48.4 Å². The molecule has 0 aromatic carbocycles. The lowest BCUT2D eigenvalue weighted by molar-refractivity contribution is 0.0565. The quantitative estimate of drug-likeness (QED) is 0.698. The van der Waals surface area contributed by atoms with E-state index in [-0.39, 0.29) is 11.8 Å². The van der Waals surface area contributed by atoms with E-state index in [1.54, 1.807) is 41.8 Å². The monoisotopic (exact) mass is 338 g/mol. The van der Waals surface area contributed by atoms with E-state index in [0.717, 1.165) is 0 Å². The minimum absolute atomic E-state index is 0.00420. The van der Waals surface area contributed by atoms with Gasteiger partial charge in [-0.25, -0.2) is 9.97 Å². The average molecular weight is 338 g/mol. The van der Waals surface area contributed by atoms with Gasteiger partial charge in [0.25, 0.3) is 5.91 Å². The van der Waals surface area contributed by atoms with Gasteiger partial charge in [0.15, 0.2) is 0 Å². The Morgan fingerprint density at radius 3 is 2.92 bits per heavy atom. The number of hydrogen-bond acceptors (Lipinski definition) is 8. The van der Waals surface area contributed by atoms with E-state index in [1.807, 2.05) is 0 Å². The van der Waals surface area contributed by atoms with Gasteiger partial charge in [-0.15, -0.1) is 0 Å². The molecule has 0 saturated carbocycles. The van der Waals surface area contributed by atoms with E-state index in [2.05, 4.69) is 25.1 Å². The maximum atomic E-state index is 12.5. The average Bonchev–Trinajstić information content (AvgIpc) is 3.10. The summed E-state index contributed by atoms with van der Waals surface area (Å²) in [7, 11) is 1.49. The van der Waals surface area contributed by atoms with Gasteiger partial charge in [0, 0.05) is 31.7 Å². The number of ether oxygens (including phenoxy) is 1. The fourth-order valence-electron chi connectivity index (χ4n) is 2.61. The van der Waals surface area contributed by atoms with Gasteiger partial charge in [0.1, 0.15) is 11.3 Å². The summed E-state index contributed by atoms with van der Waals surface area (Å²) in [5, 5.41) is 3.92. The molecule has 1 amide bonds. The zero-order valence-corrected chi connectivity index (χ0v) is 13.4. The lowest BCUT2D eigenvalue weighted by Gasteiger charge is -2.37. The van der Waals surface area contributed by atoms with Gasteiger partial charge >= 0.3 is 0 Å². The third-order valence-corrected chi connectivity index (χ3v) is 3.95. The van der Waals surface area contributed by atoms with Gasteiger partial charge in [-0.2, -0.15) is 4.98 Å². The highest BCUT2D eigenvalue weighted by Gasteiger charge is 2.37. The molecule has 25 heavy (non-hydrogen) atoms. The minimum atomic E-state index is -0.130. The molecule has 3 aromatic rings. The van der Waals surface area contributed by atoms with Crippen LogP contribution in [0.25, 0.3) is 11.5 Å². The highest BCUT2D eigenvalue weighted by Crippen LogP contribution is 2.29. The SMILES string of the molecule is COc1ncccc1C(=O)N1CC(c2nc(-c3cnccn3)no2)C1. The second-order valence-electron chi connectivity index (χ2n) is 5.51. The summed E-state index contributed by atoms with van der Waals surface area (Å²) in [6.07, 6.45) is 6.30. The summed E-state index contributed by atoms with van der Waals surface area (Å²) >= 11 is 0. The summed E-state index contributed by atoms with van der Waals surface area (Å²) in [6.45, 7) is 0.998. The zero-order valence-electron chi connectivity index (χ0n) is 13.4. The van der Waals surface area contributed by atoms with Crippen molar-refractivity contribution in [2.45, 2.75) is 5.92 Å². The lowest BCUT2D eigenvalue weighted by Crippen LogP contribution is -2.48. The Labute approximate surface area is 142 Å². The van der Waals surface area contributed by atoms with E-state index in [4.69, 9.17) is 9.26 Å². The van der Waals surface area contributed by atoms with Crippen molar-refractivity contribution in [3.63, 3.8) is 0 Å². The van der Waals surface area contributed by atoms with Crippen LogP contribution in [-0.2, 0) is 0 Å². The first-order chi connectivity index (χ1) is 12.3. The molecule has 0 unspecified atom stereocenters. The van der Waals surface area contributed by atoms with Crippen molar-refractivity contribution in [1.29, 1.82) is 0 Å². The first-order valence-electron chi connectivity index (χ1n) is 7.64. The van der Waals surface area contributed by atoms with E-state index < -0.39 is 0 Å². The lowest BCUT2D eigenvalue weighted by atomic mass is 9.99. The maximum Gasteiger partial charge on any atom is 0.259 e. The number of nitrogens with zero attached hydrogens (tertiary/aromatic N) is 6. The second kappa shape index (κ2) is 6.27. The van der Waals surface area contributed by atoms with Gasteiger partial charge < -0.3 is 14.2 Å². The molecule has 1 saturated heterocycles. The number of likely N-dealkylation sites (tertiary alicyclic amines) is 1. The van der Waals surface area contributed by atoms with Crippen LogP contribution in [0, 0.1) is 0 Å². The number of methoxy groups -OCH3 is 1. The fourth-order valence-corrected chi connectivity index (χ4v) is 2.61. The largest absolute Gasteiger partial charge is 0.480 e. The van der Waals surface area contributed by atoms with Gasteiger partial charge in [-0.1, -0.05) is 5.16 Å². The van der Waals surface area contributed by atoms with Gasteiger partial charge in [0.2, 0.25) is 17.6 Å². The normalized spacial score (nSPS) is 14.2. The Bertz CT molecular complexity index is 892. The van der Waals surface area contributed by atoms with Crippen molar-refractivity contribution in [2.24, 2.45) is 0 Å². The van der Waals surface area contributed by atoms with Gasteiger partial charge in [0.05, 0.1) is 19.2 Å². The van der Waals surface area contributed by atoms with E-state index in [1.165, 1.54) is 7.11 Å². The molecule has 0 N–H and O–H groups in total. The van der Waals surface area contributed by atoms with Gasteiger partial charge in [-0.3, -0.25) is 9.78 Å². The number of amides is 1. The highest BCUT2D eigenvalue weighted by atomic mass is 16.5. The van der Waals surface area contributed by atoms with Crippen molar-refractivity contribution in [3.8, 4) is 17.4 Å². The van der Waals surface area contributed by atoms with Crippen LogP contribution in [0.15, 0.2) is 41.4 Å². The molecule has 3 aromatic heterocycles. The van der Waals surface area contributed by atoms with Crippen LogP contribution in [0.2, 0.25) is 0 Å². The Kier molecular flexibility index (Phi) is 3.81. The number of hydrogen-bond donors (Lipinski definition) is 0.